The second-order valence-electron chi connectivity index (χ2n) is 5.31. The molecule has 0 fully saturated rings. The molecule has 4 rings (SSSR count). The normalized spacial score (nSPS) is 13.7. The minimum Gasteiger partial charge on any atom is -0.508 e. The molecule has 0 saturated carbocycles. The van der Waals surface area contributed by atoms with Crippen LogP contribution < -0.4 is 5.32 Å². The molecule has 1 aliphatic heterocycles. The Balaban J connectivity index is 2.06. The summed E-state index contributed by atoms with van der Waals surface area (Å²) in [5.74, 6) is 0.381. The summed E-state index contributed by atoms with van der Waals surface area (Å²) in [5, 5.41) is 15.4. The van der Waals surface area contributed by atoms with Crippen LogP contribution >= 0.6 is 0 Å². The number of rotatable bonds is 2. The predicted molar refractivity (Wildman–Crippen MR) is 84.6 cm³/mol. The maximum absolute atomic E-state index is 12.2. The van der Waals surface area contributed by atoms with Crippen LogP contribution in [0.3, 0.4) is 0 Å². The fourth-order valence-corrected chi connectivity index (χ4v) is 2.95. The van der Waals surface area contributed by atoms with E-state index in [0.717, 1.165) is 5.52 Å². The van der Waals surface area contributed by atoms with Crippen molar-refractivity contribution in [2.45, 2.75) is 6.54 Å². The van der Waals surface area contributed by atoms with Crippen molar-refractivity contribution >= 4 is 22.6 Å². The number of phenolic OH excluding ortho intramolecular Hbond substituents is 1. The van der Waals surface area contributed by atoms with Crippen LogP contribution in [0.15, 0.2) is 41.6 Å². The van der Waals surface area contributed by atoms with Gasteiger partial charge in [0.25, 0.3) is 5.91 Å². The molecule has 0 bridgehead atoms. The Morgan fingerprint density at radius 2 is 2.09 bits per heavy atom. The van der Waals surface area contributed by atoms with Crippen LogP contribution in [-0.4, -0.2) is 27.1 Å². The van der Waals surface area contributed by atoms with Crippen LogP contribution in [0.4, 0.5) is 5.69 Å². The van der Waals surface area contributed by atoms with E-state index in [1.54, 1.807) is 18.2 Å². The maximum atomic E-state index is 12.2. The van der Waals surface area contributed by atoms with E-state index in [9.17, 15) is 14.8 Å². The Morgan fingerprint density at radius 1 is 1.22 bits per heavy atom. The molecular weight excluding hydrogens is 296 g/mol. The number of imidazole rings is 1. The van der Waals surface area contributed by atoms with Crippen molar-refractivity contribution in [2.75, 3.05) is 6.54 Å². The van der Waals surface area contributed by atoms with Gasteiger partial charge in [0.2, 0.25) is 0 Å². The van der Waals surface area contributed by atoms with E-state index >= 15 is 0 Å². The third-order valence-electron chi connectivity index (χ3n) is 3.95. The molecule has 7 heteroatoms. The smallest absolute Gasteiger partial charge is 0.253 e. The Labute approximate surface area is 130 Å². The molecule has 3 aromatic rings. The number of para-hydroxylation sites is 1. The molecule has 0 atom stereocenters. The lowest BCUT2D eigenvalue weighted by Gasteiger charge is -2.08. The third-order valence-corrected chi connectivity index (χ3v) is 3.95. The Hall–Kier alpha value is -3.22. The molecule has 0 saturated heterocycles. The first-order chi connectivity index (χ1) is 11.2. The van der Waals surface area contributed by atoms with Crippen molar-refractivity contribution in [3.8, 4) is 17.1 Å². The number of carbonyl (C=O) groups is 1. The van der Waals surface area contributed by atoms with E-state index in [1.807, 2.05) is 10.6 Å². The van der Waals surface area contributed by atoms with Gasteiger partial charge in [-0.3, -0.25) is 4.79 Å². The van der Waals surface area contributed by atoms with Crippen LogP contribution in [0.2, 0.25) is 0 Å². The summed E-state index contributed by atoms with van der Waals surface area (Å²) in [6, 6.07) is 9.75. The first kappa shape index (κ1) is 13.4. The quantitative estimate of drug-likeness (QED) is 0.711. The van der Waals surface area contributed by atoms with E-state index in [2.05, 4.69) is 15.5 Å². The molecule has 1 aromatic heterocycles. The van der Waals surface area contributed by atoms with Crippen LogP contribution in [0, 0.1) is 4.91 Å². The standard InChI is InChI=1S/C16H12N4O3/c21-9-4-5-10(13(8-9)19-23)15-18-12-3-1-2-11-14(12)20(15)7-6-17-16(11)22/h1-5,8,21H,6-7H2,(H,17,22). The first-order valence-corrected chi connectivity index (χ1v) is 7.13. The van der Waals surface area contributed by atoms with Crippen LogP contribution in [-0.2, 0) is 6.54 Å². The number of nitrogens with one attached hydrogen (secondary N) is 1. The number of benzene rings is 2. The zero-order chi connectivity index (χ0) is 16.0. The Kier molecular flexibility index (Phi) is 2.87. The molecule has 0 aliphatic carbocycles. The van der Waals surface area contributed by atoms with Gasteiger partial charge in [-0.25, -0.2) is 4.98 Å². The van der Waals surface area contributed by atoms with Crippen molar-refractivity contribution < 1.29 is 9.90 Å². The van der Waals surface area contributed by atoms with Crippen molar-refractivity contribution in [3.63, 3.8) is 0 Å². The van der Waals surface area contributed by atoms with Gasteiger partial charge in [0, 0.05) is 24.7 Å². The van der Waals surface area contributed by atoms with Gasteiger partial charge in [-0.05, 0) is 29.4 Å². The lowest BCUT2D eigenvalue weighted by Crippen LogP contribution is -2.24. The Morgan fingerprint density at radius 3 is 2.91 bits per heavy atom. The average Bonchev–Trinajstić information content (AvgIpc) is 2.83. The molecule has 2 N–H and O–H groups in total. The minimum absolute atomic E-state index is 0.0344. The molecule has 23 heavy (non-hydrogen) atoms. The largest absolute Gasteiger partial charge is 0.508 e. The Bertz CT molecular complexity index is 961. The highest BCUT2D eigenvalue weighted by molar-refractivity contribution is 6.06. The number of hydrogen-bond donors (Lipinski definition) is 2. The minimum atomic E-state index is -0.139. The molecule has 1 aliphatic rings. The topological polar surface area (TPSA) is 96.6 Å². The average molecular weight is 308 g/mol. The van der Waals surface area contributed by atoms with E-state index in [0.29, 0.717) is 35.6 Å². The fraction of sp³-hybridized carbons (Fsp3) is 0.125. The van der Waals surface area contributed by atoms with Gasteiger partial charge in [0.05, 0.1) is 16.6 Å². The number of carbonyl (C=O) groups excluding carboxylic acids is 1. The highest BCUT2D eigenvalue weighted by Crippen LogP contribution is 2.35. The lowest BCUT2D eigenvalue weighted by molar-refractivity contribution is 0.0956. The predicted octanol–water partition coefficient (Wildman–Crippen LogP) is 2.55. The summed E-state index contributed by atoms with van der Waals surface area (Å²) in [6.07, 6.45) is 0. The number of nitroso groups, excluding NO2 is 1. The van der Waals surface area contributed by atoms with E-state index in [1.165, 1.54) is 12.1 Å². The first-order valence-electron chi connectivity index (χ1n) is 7.13. The van der Waals surface area contributed by atoms with Crippen molar-refractivity contribution in [1.29, 1.82) is 0 Å². The molecule has 0 unspecified atom stereocenters. The third kappa shape index (κ3) is 1.97. The van der Waals surface area contributed by atoms with Crippen LogP contribution in [0.5, 0.6) is 5.75 Å². The fourth-order valence-electron chi connectivity index (χ4n) is 2.95. The van der Waals surface area contributed by atoms with Gasteiger partial charge in [-0.15, -0.1) is 4.91 Å². The summed E-state index contributed by atoms with van der Waals surface area (Å²) in [6.45, 7) is 1.00. The van der Waals surface area contributed by atoms with Gasteiger partial charge in [-0.1, -0.05) is 6.07 Å². The summed E-state index contributed by atoms with van der Waals surface area (Å²) in [5.41, 5.74) is 2.61. The SMILES string of the molecule is O=Nc1cc(O)ccc1-c1nc2cccc3c2n1CCNC3=O. The van der Waals surface area contributed by atoms with Crippen molar-refractivity contribution in [2.24, 2.45) is 5.18 Å². The molecule has 114 valence electrons. The zero-order valence-electron chi connectivity index (χ0n) is 12.0. The highest BCUT2D eigenvalue weighted by Gasteiger charge is 2.23. The second kappa shape index (κ2) is 4.91. The number of aromatic nitrogens is 2. The van der Waals surface area contributed by atoms with Gasteiger partial charge in [0.1, 0.15) is 17.3 Å². The number of phenols is 1. The monoisotopic (exact) mass is 308 g/mol. The summed E-state index contributed by atoms with van der Waals surface area (Å²) >= 11 is 0. The summed E-state index contributed by atoms with van der Waals surface area (Å²) in [7, 11) is 0. The van der Waals surface area contributed by atoms with Gasteiger partial charge < -0.3 is 15.0 Å². The van der Waals surface area contributed by atoms with Crippen molar-refractivity contribution in [1.82, 2.24) is 14.9 Å². The van der Waals surface area contributed by atoms with Crippen molar-refractivity contribution in [3.05, 3.63) is 46.9 Å². The van der Waals surface area contributed by atoms with Gasteiger partial charge in [-0.2, -0.15) is 0 Å². The number of hydrogen-bond acceptors (Lipinski definition) is 5. The highest BCUT2D eigenvalue weighted by atomic mass is 16.3. The van der Waals surface area contributed by atoms with Gasteiger partial charge >= 0.3 is 0 Å². The summed E-state index contributed by atoms with van der Waals surface area (Å²) < 4.78 is 1.91. The number of amides is 1. The molecular formula is C16H12N4O3. The van der Waals surface area contributed by atoms with E-state index in [4.69, 9.17) is 0 Å². The molecule has 0 radical (unpaired) electrons. The molecule has 0 spiro atoms. The van der Waals surface area contributed by atoms with Crippen LogP contribution in [0.1, 0.15) is 10.4 Å². The number of nitrogens with zero attached hydrogens (tertiary/aromatic N) is 3. The molecule has 1 amide bonds. The van der Waals surface area contributed by atoms with E-state index < -0.39 is 0 Å². The van der Waals surface area contributed by atoms with E-state index in [-0.39, 0.29) is 17.3 Å². The second-order valence-corrected chi connectivity index (χ2v) is 5.31. The molecule has 7 nitrogen and oxygen atoms in total. The maximum Gasteiger partial charge on any atom is 0.253 e. The molecule has 2 heterocycles. The number of aromatic hydroxyl groups is 1. The summed E-state index contributed by atoms with van der Waals surface area (Å²) in [4.78, 5) is 27.8. The zero-order valence-corrected chi connectivity index (χ0v) is 12.0. The van der Waals surface area contributed by atoms with Gasteiger partial charge in [0.15, 0.2) is 0 Å². The molecule has 2 aromatic carbocycles. The lowest BCUT2D eigenvalue weighted by atomic mass is 10.1. The van der Waals surface area contributed by atoms with Crippen LogP contribution in [0.25, 0.3) is 22.4 Å².